The van der Waals surface area contributed by atoms with E-state index in [1.165, 1.54) is 5.56 Å². The first-order valence-electron chi connectivity index (χ1n) is 10.0. The molecule has 1 aromatic carbocycles. The Morgan fingerprint density at radius 2 is 2.00 bits per heavy atom. The van der Waals surface area contributed by atoms with E-state index in [1.54, 1.807) is 0 Å². The molecule has 1 aliphatic rings. The molecule has 0 bridgehead atoms. The normalized spacial score (nSPS) is 16.5. The van der Waals surface area contributed by atoms with E-state index in [2.05, 4.69) is 33.9 Å². The van der Waals surface area contributed by atoms with E-state index in [-0.39, 0.29) is 5.92 Å². The van der Waals surface area contributed by atoms with Gasteiger partial charge in [0.05, 0.1) is 0 Å². The number of aryl methyl sites for hydroxylation is 2. The van der Waals surface area contributed by atoms with E-state index in [4.69, 9.17) is 0 Å². The third kappa shape index (κ3) is 5.04. The molecule has 1 saturated heterocycles. The summed E-state index contributed by atoms with van der Waals surface area (Å²) in [4.78, 5) is 17.7. The SMILES string of the molecule is CCCc1nccn1CC(C(=O)CCc1ccccc1)C1CCNCC1. The van der Waals surface area contributed by atoms with Gasteiger partial charge in [0.25, 0.3) is 0 Å². The highest BCUT2D eigenvalue weighted by atomic mass is 16.1. The van der Waals surface area contributed by atoms with Gasteiger partial charge in [0.1, 0.15) is 11.6 Å². The Bertz CT molecular complexity index is 674. The lowest BCUT2D eigenvalue weighted by Gasteiger charge is -2.30. The number of ketones is 1. The molecule has 140 valence electrons. The summed E-state index contributed by atoms with van der Waals surface area (Å²) in [6.07, 6.45) is 9.64. The number of carbonyl (C=O) groups excluding carboxylic acids is 1. The number of carbonyl (C=O) groups is 1. The third-order valence-corrected chi connectivity index (χ3v) is 5.54. The first-order valence-corrected chi connectivity index (χ1v) is 10.0. The van der Waals surface area contributed by atoms with Gasteiger partial charge in [-0.25, -0.2) is 4.98 Å². The molecule has 2 aromatic rings. The summed E-state index contributed by atoms with van der Waals surface area (Å²) < 4.78 is 2.22. The lowest BCUT2D eigenvalue weighted by Crippen LogP contribution is -2.37. The van der Waals surface area contributed by atoms with Crippen LogP contribution in [-0.2, 0) is 24.2 Å². The molecule has 4 heteroatoms. The highest BCUT2D eigenvalue weighted by molar-refractivity contribution is 5.81. The van der Waals surface area contributed by atoms with Gasteiger partial charge in [0.15, 0.2) is 0 Å². The maximum absolute atomic E-state index is 13.2. The number of nitrogens with zero attached hydrogens (tertiary/aromatic N) is 2. The van der Waals surface area contributed by atoms with Gasteiger partial charge in [0.2, 0.25) is 0 Å². The van der Waals surface area contributed by atoms with Gasteiger partial charge < -0.3 is 9.88 Å². The summed E-state index contributed by atoms with van der Waals surface area (Å²) in [5, 5.41) is 3.43. The molecule has 1 atom stereocenters. The second-order valence-electron chi connectivity index (χ2n) is 7.39. The van der Waals surface area contributed by atoms with E-state index in [9.17, 15) is 4.79 Å². The van der Waals surface area contributed by atoms with E-state index < -0.39 is 0 Å². The van der Waals surface area contributed by atoms with Crippen molar-refractivity contribution >= 4 is 5.78 Å². The van der Waals surface area contributed by atoms with Gasteiger partial charge in [-0.2, -0.15) is 0 Å². The summed E-state index contributed by atoms with van der Waals surface area (Å²) in [7, 11) is 0. The lowest BCUT2D eigenvalue weighted by atomic mass is 9.80. The van der Waals surface area contributed by atoms with Crippen molar-refractivity contribution in [2.24, 2.45) is 11.8 Å². The van der Waals surface area contributed by atoms with Crippen LogP contribution in [0.4, 0.5) is 0 Å². The maximum atomic E-state index is 13.2. The Hall–Kier alpha value is -1.94. The Kier molecular flexibility index (Phi) is 7.01. The molecule has 26 heavy (non-hydrogen) atoms. The minimum Gasteiger partial charge on any atom is -0.334 e. The number of benzene rings is 1. The molecule has 4 nitrogen and oxygen atoms in total. The fourth-order valence-electron chi connectivity index (χ4n) is 4.03. The molecule has 0 radical (unpaired) electrons. The number of aromatic nitrogens is 2. The number of hydrogen-bond donors (Lipinski definition) is 1. The van der Waals surface area contributed by atoms with E-state index in [0.717, 1.165) is 57.6 Å². The largest absolute Gasteiger partial charge is 0.334 e. The zero-order valence-electron chi connectivity index (χ0n) is 15.9. The highest BCUT2D eigenvalue weighted by Crippen LogP contribution is 2.26. The maximum Gasteiger partial charge on any atom is 0.138 e. The van der Waals surface area contributed by atoms with Crippen molar-refractivity contribution in [3.05, 3.63) is 54.1 Å². The van der Waals surface area contributed by atoms with Gasteiger partial charge in [-0.05, 0) is 50.3 Å². The lowest BCUT2D eigenvalue weighted by molar-refractivity contribution is -0.125. The first kappa shape index (κ1) is 18.8. The van der Waals surface area contributed by atoms with E-state index in [1.807, 2.05) is 30.6 Å². The number of hydrogen-bond acceptors (Lipinski definition) is 3. The molecule has 0 amide bonds. The number of piperidine rings is 1. The second-order valence-corrected chi connectivity index (χ2v) is 7.39. The molecule has 1 aromatic heterocycles. The molecule has 1 N–H and O–H groups in total. The molecule has 1 aliphatic heterocycles. The zero-order valence-corrected chi connectivity index (χ0v) is 15.9. The van der Waals surface area contributed by atoms with E-state index in [0.29, 0.717) is 18.1 Å². The number of nitrogens with one attached hydrogen (secondary N) is 1. The van der Waals surface area contributed by atoms with Crippen LogP contribution < -0.4 is 5.32 Å². The van der Waals surface area contributed by atoms with Crippen LogP contribution in [0, 0.1) is 11.8 Å². The second kappa shape index (κ2) is 9.67. The fourth-order valence-corrected chi connectivity index (χ4v) is 4.03. The number of Topliss-reactive ketones (excluding diaryl/α,β-unsaturated/α-hetero) is 1. The van der Waals surface area contributed by atoms with Crippen LogP contribution in [0.2, 0.25) is 0 Å². The highest BCUT2D eigenvalue weighted by Gasteiger charge is 2.29. The van der Waals surface area contributed by atoms with Crippen LogP contribution in [0.15, 0.2) is 42.7 Å². The molecule has 0 saturated carbocycles. The minimum absolute atomic E-state index is 0.102. The van der Waals surface area contributed by atoms with Gasteiger partial charge in [-0.15, -0.1) is 0 Å². The first-order chi connectivity index (χ1) is 12.8. The van der Waals surface area contributed by atoms with Crippen molar-refractivity contribution in [3.8, 4) is 0 Å². The number of imidazole rings is 1. The van der Waals surface area contributed by atoms with Crippen LogP contribution in [-0.4, -0.2) is 28.4 Å². The Morgan fingerprint density at radius 3 is 2.73 bits per heavy atom. The molecule has 0 spiro atoms. The predicted octanol–water partition coefficient (Wildman–Crippen LogP) is 3.65. The Balaban J connectivity index is 1.69. The summed E-state index contributed by atoms with van der Waals surface area (Å²) in [6, 6.07) is 10.3. The predicted molar refractivity (Wildman–Crippen MR) is 105 cm³/mol. The zero-order chi connectivity index (χ0) is 18.2. The van der Waals surface area contributed by atoms with Crippen LogP contribution >= 0.6 is 0 Å². The Labute approximate surface area is 157 Å². The van der Waals surface area contributed by atoms with Crippen molar-refractivity contribution in [1.82, 2.24) is 14.9 Å². The van der Waals surface area contributed by atoms with Gasteiger partial charge >= 0.3 is 0 Å². The Morgan fingerprint density at radius 1 is 1.23 bits per heavy atom. The topological polar surface area (TPSA) is 46.9 Å². The minimum atomic E-state index is 0.102. The molecular weight excluding hydrogens is 322 g/mol. The number of rotatable bonds is 9. The van der Waals surface area contributed by atoms with Crippen LogP contribution in [0.3, 0.4) is 0 Å². The molecular formula is C22H31N3O. The standard InChI is InChI=1S/C22H31N3O/c1-2-6-22-24-15-16-25(22)17-20(19-11-13-23-14-12-19)21(26)10-9-18-7-4-3-5-8-18/h3-5,7-8,15-16,19-20,23H,2,6,9-14,17H2,1H3. The monoisotopic (exact) mass is 353 g/mol. The average molecular weight is 354 g/mol. The van der Waals surface area contributed by atoms with E-state index >= 15 is 0 Å². The smallest absolute Gasteiger partial charge is 0.138 e. The van der Waals surface area contributed by atoms with Crippen LogP contribution in [0.5, 0.6) is 0 Å². The van der Waals surface area contributed by atoms with Crippen molar-refractivity contribution in [1.29, 1.82) is 0 Å². The van der Waals surface area contributed by atoms with Crippen molar-refractivity contribution in [3.63, 3.8) is 0 Å². The quantitative estimate of drug-likeness (QED) is 0.748. The van der Waals surface area contributed by atoms with Crippen molar-refractivity contribution < 1.29 is 4.79 Å². The molecule has 1 fully saturated rings. The fraction of sp³-hybridized carbons (Fsp3) is 0.545. The van der Waals surface area contributed by atoms with Crippen LogP contribution in [0.1, 0.15) is 44.0 Å². The van der Waals surface area contributed by atoms with Gasteiger partial charge in [0, 0.05) is 37.7 Å². The summed E-state index contributed by atoms with van der Waals surface area (Å²) in [6.45, 7) is 5.01. The molecule has 2 heterocycles. The molecule has 0 aliphatic carbocycles. The van der Waals surface area contributed by atoms with Crippen LogP contribution in [0.25, 0.3) is 0 Å². The average Bonchev–Trinajstić information content (AvgIpc) is 3.13. The summed E-state index contributed by atoms with van der Waals surface area (Å²) in [5.41, 5.74) is 1.25. The van der Waals surface area contributed by atoms with Crippen molar-refractivity contribution in [2.45, 2.75) is 52.0 Å². The molecule has 3 rings (SSSR count). The third-order valence-electron chi connectivity index (χ3n) is 5.54. The van der Waals surface area contributed by atoms with Crippen molar-refractivity contribution in [2.75, 3.05) is 13.1 Å². The van der Waals surface area contributed by atoms with Gasteiger partial charge in [-0.3, -0.25) is 4.79 Å². The summed E-state index contributed by atoms with van der Waals surface area (Å²) in [5.74, 6) is 2.11. The molecule has 1 unspecified atom stereocenters. The van der Waals surface area contributed by atoms with Gasteiger partial charge in [-0.1, -0.05) is 37.3 Å². The summed E-state index contributed by atoms with van der Waals surface area (Å²) >= 11 is 0.